The van der Waals surface area contributed by atoms with Crippen LogP contribution < -0.4 is 5.32 Å². The quantitative estimate of drug-likeness (QED) is 0.733. The van der Waals surface area contributed by atoms with E-state index in [1.807, 2.05) is 25.7 Å². The number of nitrogens with zero attached hydrogens (tertiary/aromatic N) is 1. The second-order valence-corrected chi connectivity index (χ2v) is 7.19. The minimum Gasteiger partial charge on any atom is -0.444 e. The lowest BCUT2D eigenvalue weighted by Crippen LogP contribution is -2.39. The molecule has 1 amide bonds. The molecule has 1 aliphatic heterocycles. The van der Waals surface area contributed by atoms with Crippen molar-refractivity contribution in [2.24, 2.45) is 5.92 Å². The van der Waals surface area contributed by atoms with Crippen LogP contribution in [0.5, 0.6) is 0 Å². The predicted molar refractivity (Wildman–Crippen MR) is 82.4 cm³/mol. The maximum Gasteiger partial charge on any atom is 0.410 e. The van der Waals surface area contributed by atoms with E-state index in [0.29, 0.717) is 12.0 Å². The Kier molecular flexibility index (Phi) is 5.88. The molecule has 2 aliphatic rings. The van der Waals surface area contributed by atoms with Crippen LogP contribution in [0, 0.1) is 5.92 Å². The van der Waals surface area contributed by atoms with E-state index in [4.69, 9.17) is 9.47 Å². The summed E-state index contributed by atoms with van der Waals surface area (Å²) >= 11 is 0. The van der Waals surface area contributed by atoms with E-state index < -0.39 is 5.60 Å². The van der Waals surface area contributed by atoms with Crippen molar-refractivity contribution in [2.75, 3.05) is 32.8 Å². The van der Waals surface area contributed by atoms with Crippen molar-refractivity contribution in [1.82, 2.24) is 10.2 Å². The summed E-state index contributed by atoms with van der Waals surface area (Å²) in [6, 6.07) is 0.406. The predicted octanol–water partition coefficient (Wildman–Crippen LogP) is 2.40. The van der Waals surface area contributed by atoms with Gasteiger partial charge < -0.3 is 19.7 Å². The summed E-state index contributed by atoms with van der Waals surface area (Å²) in [6.07, 6.45) is 4.22. The fourth-order valence-electron chi connectivity index (χ4n) is 2.55. The summed E-state index contributed by atoms with van der Waals surface area (Å²) in [5.41, 5.74) is -0.412. The molecule has 1 N–H and O–H groups in total. The van der Waals surface area contributed by atoms with Crippen molar-refractivity contribution in [2.45, 2.75) is 58.1 Å². The van der Waals surface area contributed by atoms with Gasteiger partial charge in [-0.25, -0.2) is 4.79 Å². The van der Waals surface area contributed by atoms with E-state index in [1.54, 1.807) is 0 Å². The van der Waals surface area contributed by atoms with Gasteiger partial charge in [-0.1, -0.05) is 0 Å². The minimum atomic E-state index is -0.412. The van der Waals surface area contributed by atoms with Gasteiger partial charge in [-0.3, -0.25) is 0 Å². The van der Waals surface area contributed by atoms with E-state index >= 15 is 0 Å². The zero-order chi connectivity index (χ0) is 15.3. The highest BCUT2D eigenvalue weighted by Gasteiger charge is 2.34. The number of amides is 1. The van der Waals surface area contributed by atoms with Crippen molar-refractivity contribution in [3.63, 3.8) is 0 Å². The van der Waals surface area contributed by atoms with E-state index in [-0.39, 0.29) is 6.09 Å². The molecule has 5 nitrogen and oxygen atoms in total. The van der Waals surface area contributed by atoms with Gasteiger partial charge in [0.05, 0.1) is 6.61 Å². The Morgan fingerprint density at radius 2 is 2.10 bits per heavy atom. The molecule has 1 atom stereocenters. The summed E-state index contributed by atoms with van der Waals surface area (Å²) < 4.78 is 10.9. The second-order valence-electron chi connectivity index (χ2n) is 7.19. The Bertz CT molecular complexity index is 331. The van der Waals surface area contributed by atoms with E-state index in [2.05, 4.69) is 5.32 Å². The number of carbonyl (C=O) groups excluding carboxylic acids is 1. The average Bonchev–Trinajstić information content (AvgIpc) is 3.07. The first-order chi connectivity index (χ1) is 9.96. The van der Waals surface area contributed by atoms with Crippen molar-refractivity contribution in [3.05, 3.63) is 0 Å². The van der Waals surface area contributed by atoms with Gasteiger partial charge in [0, 0.05) is 25.7 Å². The molecule has 122 valence electrons. The van der Waals surface area contributed by atoms with Crippen LogP contribution in [0.3, 0.4) is 0 Å². The zero-order valence-corrected chi connectivity index (χ0v) is 13.7. The van der Waals surface area contributed by atoms with Crippen LogP contribution in [-0.4, -0.2) is 55.5 Å². The molecule has 1 saturated heterocycles. The standard InChI is InChI=1S/C16H30N2O3/c1-16(2,3)21-15(19)18(14-5-6-14)9-4-8-17-11-13-7-10-20-12-13/h13-14,17H,4-12H2,1-3H3. The lowest BCUT2D eigenvalue weighted by molar-refractivity contribution is 0.0232. The lowest BCUT2D eigenvalue weighted by Gasteiger charge is -2.27. The molecule has 0 bridgehead atoms. The highest BCUT2D eigenvalue weighted by atomic mass is 16.6. The molecule has 0 aromatic carbocycles. The van der Waals surface area contributed by atoms with E-state index in [0.717, 1.165) is 52.1 Å². The van der Waals surface area contributed by atoms with Crippen molar-refractivity contribution >= 4 is 6.09 Å². The Morgan fingerprint density at radius 3 is 2.67 bits per heavy atom. The van der Waals surface area contributed by atoms with Gasteiger partial charge in [0.2, 0.25) is 0 Å². The highest BCUT2D eigenvalue weighted by Crippen LogP contribution is 2.28. The first-order valence-corrected chi connectivity index (χ1v) is 8.24. The smallest absolute Gasteiger partial charge is 0.410 e. The number of ether oxygens (including phenoxy) is 2. The summed E-state index contributed by atoms with van der Waals surface area (Å²) in [4.78, 5) is 14.1. The molecule has 0 radical (unpaired) electrons. The number of carbonyl (C=O) groups is 1. The third-order valence-electron chi connectivity index (χ3n) is 3.83. The summed E-state index contributed by atoms with van der Waals surface area (Å²) in [5.74, 6) is 0.662. The topological polar surface area (TPSA) is 50.8 Å². The van der Waals surface area contributed by atoms with Crippen LogP contribution in [0.4, 0.5) is 4.79 Å². The van der Waals surface area contributed by atoms with Crippen LogP contribution in [0.1, 0.15) is 46.5 Å². The molecule has 1 unspecified atom stereocenters. The van der Waals surface area contributed by atoms with E-state index in [1.165, 1.54) is 6.42 Å². The molecule has 0 spiro atoms. The maximum absolute atomic E-state index is 12.2. The van der Waals surface area contributed by atoms with Crippen molar-refractivity contribution < 1.29 is 14.3 Å². The van der Waals surface area contributed by atoms with Crippen LogP contribution in [-0.2, 0) is 9.47 Å². The van der Waals surface area contributed by atoms with Crippen LogP contribution in [0.15, 0.2) is 0 Å². The zero-order valence-electron chi connectivity index (χ0n) is 13.7. The summed E-state index contributed by atoms with van der Waals surface area (Å²) in [6.45, 7) is 10.3. The van der Waals surface area contributed by atoms with Crippen LogP contribution in [0.25, 0.3) is 0 Å². The van der Waals surface area contributed by atoms with E-state index in [9.17, 15) is 4.79 Å². The first-order valence-electron chi connectivity index (χ1n) is 8.24. The number of hydrogen-bond donors (Lipinski definition) is 1. The third-order valence-corrected chi connectivity index (χ3v) is 3.83. The fourth-order valence-corrected chi connectivity index (χ4v) is 2.55. The molecule has 1 saturated carbocycles. The van der Waals surface area contributed by atoms with Gasteiger partial charge in [-0.15, -0.1) is 0 Å². The normalized spacial score (nSPS) is 22.3. The maximum atomic E-state index is 12.2. The number of hydrogen-bond acceptors (Lipinski definition) is 4. The Morgan fingerprint density at radius 1 is 1.33 bits per heavy atom. The molecular weight excluding hydrogens is 268 g/mol. The summed E-state index contributed by atoms with van der Waals surface area (Å²) in [7, 11) is 0. The third kappa shape index (κ3) is 6.22. The largest absolute Gasteiger partial charge is 0.444 e. The number of nitrogens with one attached hydrogen (secondary N) is 1. The molecule has 1 aliphatic carbocycles. The highest BCUT2D eigenvalue weighted by molar-refractivity contribution is 5.69. The first kappa shape index (κ1) is 16.6. The van der Waals surface area contributed by atoms with Gasteiger partial charge in [-0.2, -0.15) is 0 Å². The van der Waals surface area contributed by atoms with Gasteiger partial charge >= 0.3 is 6.09 Å². The average molecular weight is 298 g/mol. The molecule has 1 heterocycles. The fraction of sp³-hybridized carbons (Fsp3) is 0.938. The van der Waals surface area contributed by atoms with Gasteiger partial charge in [0.25, 0.3) is 0 Å². The van der Waals surface area contributed by atoms with Gasteiger partial charge in [0.1, 0.15) is 5.60 Å². The Balaban J connectivity index is 1.62. The SMILES string of the molecule is CC(C)(C)OC(=O)N(CCCNCC1CCOC1)C1CC1. The molecule has 5 heteroatoms. The molecule has 0 aromatic rings. The second kappa shape index (κ2) is 7.45. The molecule has 0 aromatic heterocycles. The molecule has 21 heavy (non-hydrogen) atoms. The number of rotatable bonds is 7. The van der Waals surface area contributed by atoms with Crippen molar-refractivity contribution in [1.29, 1.82) is 0 Å². The molecular formula is C16H30N2O3. The Labute approximate surface area is 128 Å². The van der Waals surface area contributed by atoms with Crippen LogP contribution in [0.2, 0.25) is 0 Å². The Hall–Kier alpha value is -0.810. The van der Waals surface area contributed by atoms with Gasteiger partial charge in [-0.05, 0) is 58.9 Å². The van der Waals surface area contributed by atoms with Gasteiger partial charge in [0.15, 0.2) is 0 Å². The molecule has 2 rings (SSSR count). The van der Waals surface area contributed by atoms with Crippen LogP contribution >= 0.6 is 0 Å². The minimum absolute atomic E-state index is 0.158. The van der Waals surface area contributed by atoms with Crippen molar-refractivity contribution in [3.8, 4) is 0 Å². The monoisotopic (exact) mass is 298 g/mol. The lowest BCUT2D eigenvalue weighted by atomic mass is 10.1. The molecule has 2 fully saturated rings. The summed E-state index contributed by atoms with van der Waals surface area (Å²) in [5, 5.41) is 3.47.